The van der Waals surface area contributed by atoms with Crippen LogP contribution in [-0.2, 0) is 11.2 Å². The molecular formula is C12H16N2O2. The van der Waals surface area contributed by atoms with Gasteiger partial charge in [0.05, 0.1) is 0 Å². The van der Waals surface area contributed by atoms with Crippen molar-refractivity contribution >= 4 is 5.91 Å². The maximum Gasteiger partial charge on any atom is 0.222 e. The smallest absolute Gasteiger partial charge is 0.222 e. The summed E-state index contributed by atoms with van der Waals surface area (Å²) in [5, 5.41) is 8.85. The second-order valence-corrected chi connectivity index (χ2v) is 4.20. The standard InChI is InChI=1S/C12H16N2O2/c15-9-11-7-14(8-11)12(16)2-1-10-3-5-13-6-4-10/h3-6,11,15H,1-2,7-9H2. The SMILES string of the molecule is O=C(CCc1ccncc1)N1CC(CO)C1. The molecule has 4 nitrogen and oxygen atoms in total. The van der Waals surface area contributed by atoms with Crippen molar-refractivity contribution < 1.29 is 9.90 Å². The van der Waals surface area contributed by atoms with Gasteiger partial charge in [-0.15, -0.1) is 0 Å². The van der Waals surface area contributed by atoms with Gasteiger partial charge in [0.2, 0.25) is 5.91 Å². The van der Waals surface area contributed by atoms with Crippen molar-refractivity contribution in [1.82, 2.24) is 9.88 Å². The maximum atomic E-state index is 11.7. The Kier molecular flexibility index (Phi) is 3.51. The number of hydrogen-bond acceptors (Lipinski definition) is 3. The predicted molar refractivity (Wildman–Crippen MR) is 59.7 cm³/mol. The Balaban J connectivity index is 1.73. The monoisotopic (exact) mass is 220 g/mol. The molecule has 86 valence electrons. The first-order valence-electron chi connectivity index (χ1n) is 5.57. The molecule has 0 aromatic carbocycles. The maximum absolute atomic E-state index is 11.7. The predicted octanol–water partition coefficient (Wildman–Crippen LogP) is 0.465. The van der Waals surface area contributed by atoms with Crippen LogP contribution in [0.4, 0.5) is 0 Å². The number of aromatic nitrogens is 1. The highest BCUT2D eigenvalue weighted by Gasteiger charge is 2.29. The van der Waals surface area contributed by atoms with E-state index in [1.807, 2.05) is 17.0 Å². The number of likely N-dealkylation sites (tertiary alicyclic amines) is 1. The third-order valence-corrected chi connectivity index (χ3v) is 2.94. The minimum absolute atomic E-state index is 0.182. The zero-order valence-electron chi connectivity index (χ0n) is 9.17. The van der Waals surface area contributed by atoms with Gasteiger partial charge in [-0.1, -0.05) is 0 Å². The fourth-order valence-electron chi connectivity index (χ4n) is 1.85. The van der Waals surface area contributed by atoms with Crippen molar-refractivity contribution in [2.45, 2.75) is 12.8 Å². The summed E-state index contributed by atoms with van der Waals surface area (Å²) >= 11 is 0. The Morgan fingerprint density at radius 1 is 1.44 bits per heavy atom. The van der Waals surface area contributed by atoms with E-state index >= 15 is 0 Å². The molecule has 1 amide bonds. The van der Waals surface area contributed by atoms with E-state index in [2.05, 4.69) is 4.98 Å². The largest absolute Gasteiger partial charge is 0.396 e. The second-order valence-electron chi connectivity index (χ2n) is 4.20. The van der Waals surface area contributed by atoms with Gasteiger partial charge < -0.3 is 10.0 Å². The molecule has 1 N–H and O–H groups in total. The van der Waals surface area contributed by atoms with Crippen LogP contribution < -0.4 is 0 Å². The van der Waals surface area contributed by atoms with E-state index in [1.165, 1.54) is 0 Å². The van der Waals surface area contributed by atoms with E-state index in [1.54, 1.807) is 12.4 Å². The van der Waals surface area contributed by atoms with Crippen LogP contribution in [0.2, 0.25) is 0 Å². The van der Waals surface area contributed by atoms with Gasteiger partial charge in [0.15, 0.2) is 0 Å². The molecule has 1 aliphatic rings. The molecule has 0 bridgehead atoms. The van der Waals surface area contributed by atoms with E-state index in [-0.39, 0.29) is 12.5 Å². The molecule has 1 aromatic heterocycles. The minimum Gasteiger partial charge on any atom is -0.396 e. The zero-order valence-corrected chi connectivity index (χ0v) is 9.17. The Morgan fingerprint density at radius 2 is 2.12 bits per heavy atom. The Labute approximate surface area is 94.9 Å². The summed E-state index contributed by atoms with van der Waals surface area (Å²) in [6.07, 6.45) is 4.79. The van der Waals surface area contributed by atoms with Crippen molar-refractivity contribution in [2.75, 3.05) is 19.7 Å². The van der Waals surface area contributed by atoms with E-state index in [9.17, 15) is 4.79 Å². The summed E-state index contributed by atoms with van der Waals surface area (Å²) < 4.78 is 0. The number of aliphatic hydroxyl groups excluding tert-OH is 1. The van der Waals surface area contributed by atoms with Gasteiger partial charge in [-0.25, -0.2) is 0 Å². The minimum atomic E-state index is 0.182. The Morgan fingerprint density at radius 3 is 2.75 bits per heavy atom. The lowest BCUT2D eigenvalue weighted by molar-refractivity contribution is -0.138. The van der Waals surface area contributed by atoms with Crippen LogP contribution in [-0.4, -0.2) is 40.6 Å². The molecule has 0 spiro atoms. The molecule has 1 aromatic rings. The van der Waals surface area contributed by atoms with Crippen molar-refractivity contribution in [2.24, 2.45) is 5.92 Å². The van der Waals surface area contributed by atoms with Gasteiger partial charge in [-0.05, 0) is 24.1 Å². The number of pyridine rings is 1. The molecule has 0 saturated carbocycles. The van der Waals surface area contributed by atoms with Crippen LogP contribution in [0.15, 0.2) is 24.5 Å². The van der Waals surface area contributed by atoms with Crippen molar-refractivity contribution in [3.8, 4) is 0 Å². The molecule has 1 aliphatic heterocycles. The van der Waals surface area contributed by atoms with Gasteiger partial charge in [-0.2, -0.15) is 0 Å². The number of aliphatic hydroxyl groups is 1. The fourth-order valence-corrected chi connectivity index (χ4v) is 1.85. The molecule has 0 aliphatic carbocycles. The van der Waals surface area contributed by atoms with Crippen LogP contribution in [0.1, 0.15) is 12.0 Å². The summed E-state index contributed by atoms with van der Waals surface area (Å²) in [7, 11) is 0. The number of nitrogens with zero attached hydrogens (tertiary/aromatic N) is 2. The van der Waals surface area contributed by atoms with Crippen LogP contribution >= 0.6 is 0 Å². The van der Waals surface area contributed by atoms with Gasteiger partial charge in [0.25, 0.3) is 0 Å². The summed E-state index contributed by atoms with van der Waals surface area (Å²) in [5.41, 5.74) is 1.14. The van der Waals surface area contributed by atoms with Crippen LogP contribution in [0, 0.1) is 5.92 Å². The molecule has 0 unspecified atom stereocenters. The summed E-state index contributed by atoms with van der Waals surface area (Å²) in [6.45, 7) is 1.62. The zero-order chi connectivity index (χ0) is 11.4. The van der Waals surface area contributed by atoms with Gasteiger partial charge >= 0.3 is 0 Å². The summed E-state index contributed by atoms with van der Waals surface area (Å²) in [4.78, 5) is 17.4. The fraction of sp³-hybridized carbons (Fsp3) is 0.500. The lowest BCUT2D eigenvalue weighted by Gasteiger charge is -2.38. The van der Waals surface area contributed by atoms with Crippen molar-refractivity contribution in [3.63, 3.8) is 0 Å². The number of carbonyl (C=O) groups excluding carboxylic acids is 1. The molecule has 2 rings (SSSR count). The van der Waals surface area contributed by atoms with Crippen LogP contribution in [0.5, 0.6) is 0 Å². The number of amides is 1. The lowest BCUT2D eigenvalue weighted by atomic mass is 10.0. The normalized spacial score (nSPS) is 15.9. The summed E-state index contributed by atoms with van der Waals surface area (Å²) in [6, 6.07) is 3.86. The number of aryl methyl sites for hydroxylation is 1. The van der Waals surface area contributed by atoms with E-state index in [0.29, 0.717) is 25.4 Å². The third kappa shape index (κ3) is 2.58. The van der Waals surface area contributed by atoms with Crippen LogP contribution in [0.3, 0.4) is 0 Å². The lowest BCUT2D eigenvalue weighted by Crippen LogP contribution is -2.51. The average Bonchev–Trinajstić information content (AvgIpc) is 2.26. The Hall–Kier alpha value is -1.42. The molecule has 16 heavy (non-hydrogen) atoms. The van der Waals surface area contributed by atoms with Gasteiger partial charge in [0.1, 0.15) is 0 Å². The van der Waals surface area contributed by atoms with E-state index < -0.39 is 0 Å². The highest BCUT2D eigenvalue weighted by Crippen LogP contribution is 2.16. The number of rotatable bonds is 4. The molecule has 4 heteroatoms. The van der Waals surface area contributed by atoms with Gasteiger partial charge in [-0.3, -0.25) is 9.78 Å². The van der Waals surface area contributed by atoms with Crippen LogP contribution in [0.25, 0.3) is 0 Å². The topological polar surface area (TPSA) is 53.4 Å². The van der Waals surface area contributed by atoms with E-state index in [0.717, 1.165) is 12.0 Å². The Bertz CT molecular complexity index is 347. The molecule has 2 heterocycles. The molecule has 1 saturated heterocycles. The highest BCUT2D eigenvalue weighted by atomic mass is 16.3. The summed E-state index contributed by atoms with van der Waals surface area (Å²) in [5.74, 6) is 0.478. The third-order valence-electron chi connectivity index (χ3n) is 2.94. The second kappa shape index (κ2) is 5.07. The molecule has 1 fully saturated rings. The highest BCUT2D eigenvalue weighted by molar-refractivity contribution is 5.77. The van der Waals surface area contributed by atoms with Gasteiger partial charge in [0, 0.05) is 44.4 Å². The molecular weight excluding hydrogens is 204 g/mol. The molecule has 0 atom stereocenters. The number of hydrogen-bond donors (Lipinski definition) is 1. The first-order valence-corrected chi connectivity index (χ1v) is 5.57. The first-order chi connectivity index (χ1) is 7.79. The molecule has 0 radical (unpaired) electrons. The average molecular weight is 220 g/mol. The quantitative estimate of drug-likeness (QED) is 0.802. The van der Waals surface area contributed by atoms with E-state index in [4.69, 9.17) is 5.11 Å². The number of carbonyl (C=O) groups is 1. The van der Waals surface area contributed by atoms with Crippen molar-refractivity contribution in [3.05, 3.63) is 30.1 Å². The first kappa shape index (κ1) is 11.1. The van der Waals surface area contributed by atoms with Crippen molar-refractivity contribution in [1.29, 1.82) is 0 Å².